The molecule has 0 aromatic heterocycles. The van der Waals surface area contributed by atoms with Crippen LogP contribution in [-0.2, 0) is 0 Å². The zero-order valence-corrected chi connectivity index (χ0v) is 6.77. The first-order valence-corrected chi connectivity index (χ1v) is 4.55. The largest absolute Gasteiger partial charge is 0.317 e. The molecule has 0 saturated heterocycles. The molecule has 0 aromatic rings. The van der Waals surface area contributed by atoms with Crippen LogP contribution >= 0.6 is 0 Å². The lowest BCUT2D eigenvalue weighted by Crippen LogP contribution is -2.31. The average Bonchev–Trinajstić information content (AvgIpc) is 2.30. The van der Waals surface area contributed by atoms with Crippen LogP contribution in [0, 0.1) is 11.8 Å². The molecular weight excluding hydrogens is 122 g/mol. The quantitative estimate of drug-likeness (QED) is 0.584. The van der Waals surface area contributed by atoms with Gasteiger partial charge in [-0.3, -0.25) is 0 Å². The van der Waals surface area contributed by atoms with E-state index in [9.17, 15) is 0 Å². The van der Waals surface area contributed by atoms with Crippen molar-refractivity contribution in [2.45, 2.75) is 38.1 Å². The molecule has 0 heterocycles. The van der Waals surface area contributed by atoms with E-state index in [1.165, 1.54) is 32.1 Å². The second kappa shape index (κ2) is 2.54. The molecule has 1 heteroatoms. The molecule has 0 aromatic carbocycles. The van der Waals surface area contributed by atoms with Crippen LogP contribution in [0.25, 0.3) is 0 Å². The Morgan fingerprint density at radius 1 is 1.00 bits per heavy atom. The van der Waals surface area contributed by atoms with E-state index in [2.05, 4.69) is 12.4 Å². The number of rotatable bonds is 1. The molecule has 2 aliphatic rings. The van der Waals surface area contributed by atoms with E-state index in [0.717, 1.165) is 17.9 Å². The molecule has 1 N–H and O–H groups in total. The van der Waals surface area contributed by atoms with Gasteiger partial charge in [0.1, 0.15) is 0 Å². The first kappa shape index (κ1) is 6.66. The second-order valence-electron chi connectivity index (χ2n) is 4.00. The number of nitrogens with one attached hydrogen (secondary N) is 1. The standard InChI is InChI=1S/C9H17N/c1-10-9-5-7-2-3-8(4-7)6-9/h7-10H,2-6H2,1H3. The summed E-state index contributed by atoms with van der Waals surface area (Å²) in [6, 6.07) is 0.853. The molecule has 2 unspecified atom stereocenters. The summed E-state index contributed by atoms with van der Waals surface area (Å²) in [5.74, 6) is 2.16. The second-order valence-corrected chi connectivity index (χ2v) is 4.00. The monoisotopic (exact) mass is 139 g/mol. The van der Waals surface area contributed by atoms with Gasteiger partial charge in [-0.25, -0.2) is 0 Å². The van der Waals surface area contributed by atoms with Crippen LogP contribution in [0.3, 0.4) is 0 Å². The van der Waals surface area contributed by atoms with Crippen molar-refractivity contribution in [3.63, 3.8) is 0 Å². The Kier molecular flexibility index (Phi) is 1.69. The van der Waals surface area contributed by atoms with Crippen molar-refractivity contribution in [2.75, 3.05) is 7.05 Å². The molecule has 0 spiro atoms. The minimum Gasteiger partial charge on any atom is -0.317 e. The van der Waals surface area contributed by atoms with Crippen molar-refractivity contribution in [1.29, 1.82) is 0 Å². The van der Waals surface area contributed by atoms with Gasteiger partial charge < -0.3 is 5.32 Å². The normalized spacial score (nSPS) is 45.9. The summed E-state index contributed by atoms with van der Waals surface area (Å²) in [7, 11) is 2.11. The van der Waals surface area contributed by atoms with Gasteiger partial charge >= 0.3 is 0 Å². The SMILES string of the molecule is CNC1CC2CCC(C2)C1. The van der Waals surface area contributed by atoms with Crippen molar-refractivity contribution >= 4 is 0 Å². The molecule has 10 heavy (non-hydrogen) atoms. The first-order chi connectivity index (χ1) is 4.88. The predicted octanol–water partition coefficient (Wildman–Crippen LogP) is 1.78. The van der Waals surface area contributed by atoms with Crippen LogP contribution in [-0.4, -0.2) is 13.1 Å². The Bertz CT molecular complexity index is 110. The van der Waals surface area contributed by atoms with Crippen molar-refractivity contribution in [3.05, 3.63) is 0 Å². The lowest BCUT2D eigenvalue weighted by atomic mass is 9.86. The van der Waals surface area contributed by atoms with E-state index in [1.807, 2.05) is 0 Å². The molecule has 2 fully saturated rings. The van der Waals surface area contributed by atoms with Crippen LogP contribution in [0.5, 0.6) is 0 Å². The number of hydrogen-bond donors (Lipinski definition) is 1. The molecule has 58 valence electrons. The third kappa shape index (κ3) is 1.07. The molecule has 0 radical (unpaired) electrons. The third-order valence-corrected chi connectivity index (χ3v) is 3.29. The highest BCUT2D eigenvalue weighted by atomic mass is 14.9. The van der Waals surface area contributed by atoms with E-state index >= 15 is 0 Å². The lowest BCUT2D eigenvalue weighted by Gasteiger charge is -2.26. The molecule has 1 nitrogen and oxygen atoms in total. The van der Waals surface area contributed by atoms with Crippen molar-refractivity contribution in [1.82, 2.24) is 5.32 Å². The van der Waals surface area contributed by atoms with Crippen LogP contribution in [0.15, 0.2) is 0 Å². The van der Waals surface area contributed by atoms with Gasteiger partial charge in [0.2, 0.25) is 0 Å². The van der Waals surface area contributed by atoms with Gasteiger partial charge in [-0.2, -0.15) is 0 Å². The van der Waals surface area contributed by atoms with Crippen LogP contribution in [0.4, 0.5) is 0 Å². The molecule has 2 atom stereocenters. The third-order valence-electron chi connectivity index (χ3n) is 3.29. The summed E-state index contributed by atoms with van der Waals surface area (Å²) in [6.45, 7) is 0. The Hall–Kier alpha value is -0.0400. The Morgan fingerprint density at radius 3 is 2.10 bits per heavy atom. The minimum atomic E-state index is 0.853. The van der Waals surface area contributed by atoms with Crippen LogP contribution < -0.4 is 5.32 Å². The van der Waals surface area contributed by atoms with Crippen LogP contribution in [0.2, 0.25) is 0 Å². The number of hydrogen-bond acceptors (Lipinski definition) is 1. The summed E-state index contributed by atoms with van der Waals surface area (Å²) < 4.78 is 0. The fourth-order valence-electron chi connectivity index (χ4n) is 2.74. The summed E-state index contributed by atoms with van der Waals surface area (Å²) in [6.07, 6.45) is 7.48. The van der Waals surface area contributed by atoms with Crippen molar-refractivity contribution < 1.29 is 0 Å². The van der Waals surface area contributed by atoms with Crippen LogP contribution in [0.1, 0.15) is 32.1 Å². The van der Waals surface area contributed by atoms with Crippen molar-refractivity contribution in [3.8, 4) is 0 Å². The Labute approximate surface area is 63.2 Å². The van der Waals surface area contributed by atoms with E-state index < -0.39 is 0 Å². The van der Waals surface area contributed by atoms with Gasteiger partial charge in [-0.15, -0.1) is 0 Å². The van der Waals surface area contributed by atoms with E-state index in [0.29, 0.717) is 0 Å². The molecule has 0 amide bonds. The van der Waals surface area contributed by atoms with E-state index in [4.69, 9.17) is 0 Å². The summed E-state index contributed by atoms with van der Waals surface area (Å²) in [5.41, 5.74) is 0. The van der Waals surface area contributed by atoms with Gasteiger partial charge in [-0.05, 0) is 38.1 Å². The Morgan fingerprint density at radius 2 is 1.60 bits per heavy atom. The van der Waals surface area contributed by atoms with Crippen molar-refractivity contribution in [2.24, 2.45) is 11.8 Å². The molecule has 2 rings (SSSR count). The summed E-state index contributed by atoms with van der Waals surface area (Å²) >= 11 is 0. The maximum Gasteiger partial charge on any atom is 0.00693 e. The summed E-state index contributed by atoms with van der Waals surface area (Å²) in [4.78, 5) is 0. The zero-order valence-electron chi connectivity index (χ0n) is 6.77. The highest BCUT2D eigenvalue weighted by molar-refractivity contribution is 4.87. The van der Waals surface area contributed by atoms with Gasteiger partial charge in [-0.1, -0.05) is 12.8 Å². The molecular formula is C9H17N. The van der Waals surface area contributed by atoms with Gasteiger partial charge in [0.05, 0.1) is 0 Å². The summed E-state index contributed by atoms with van der Waals surface area (Å²) in [5, 5.41) is 3.40. The van der Waals surface area contributed by atoms with E-state index in [1.54, 1.807) is 0 Å². The molecule has 0 aliphatic heterocycles. The fraction of sp³-hybridized carbons (Fsp3) is 1.00. The first-order valence-electron chi connectivity index (χ1n) is 4.55. The maximum atomic E-state index is 3.40. The van der Waals surface area contributed by atoms with Gasteiger partial charge in [0, 0.05) is 6.04 Å². The highest BCUT2D eigenvalue weighted by Gasteiger charge is 2.32. The average molecular weight is 139 g/mol. The zero-order chi connectivity index (χ0) is 6.97. The minimum absolute atomic E-state index is 0.853. The lowest BCUT2D eigenvalue weighted by molar-refractivity contribution is 0.292. The smallest absolute Gasteiger partial charge is 0.00693 e. The molecule has 2 aliphatic carbocycles. The molecule has 2 saturated carbocycles. The van der Waals surface area contributed by atoms with Gasteiger partial charge in [0.25, 0.3) is 0 Å². The highest BCUT2D eigenvalue weighted by Crippen LogP contribution is 2.41. The molecule has 2 bridgehead atoms. The fourth-order valence-corrected chi connectivity index (χ4v) is 2.74. The van der Waals surface area contributed by atoms with E-state index in [-0.39, 0.29) is 0 Å². The topological polar surface area (TPSA) is 12.0 Å². The number of fused-ring (bicyclic) bond motifs is 2. The Balaban J connectivity index is 1.96. The predicted molar refractivity (Wildman–Crippen MR) is 42.9 cm³/mol. The van der Waals surface area contributed by atoms with Gasteiger partial charge in [0.15, 0.2) is 0 Å². The maximum absolute atomic E-state index is 3.40.